The molecule has 1 fully saturated rings. The minimum Gasteiger partial charge on any atom is -0.480 e. The average molecular weight is 278 g/mol. The molecular weight excluding hydrogens is 260 g/mol. The maximum Gasteiger partial charge on any atom is 0.323 e. The smallest absolute Gasteiger partial charge is 0.323 e. The minimum absolute atomic E-state index is 0.386. The molecule has 0 spiro atoms. The Morgan fingerprint density at radius 1 is 1.50 bits per heavy atom. The van der Waals surface area contributed by atoms with Crippen molar-refractivity contribution >= 4 is 17.8 Å². The SMILES string of the molecule is CN1CCCC1c1ccc(NC(=O)NCC(=O)O)nc1. The molecule has 2 rings (SSSR count). The van der Waals surface area contributed by atoms with E-state index in [1.807, 2.05) is 6.07 Å². The van der Waals surface area contributed by atoms with Gasteiger partial charge in [0.1, 0.15) is 12.4 Å². The Morgan fingerprint density at radius 2 is 2.30 bits per heavy atom. The summed E-state index contributed by atoms with van der Waals surface area (Å²) in [5, 5.41) is 13.1. The van der Waals surface area contributed by atoms with Crippen molar-refractivity contribution in [3.63, 3.8) is 0 Å². The molecule has 1 unspecified atom stereocenters. The van der Waals surface area contributed by atoms with Crippen LogP contribution in [0.4, 0.5) is 10.6 Å². The van der Waals surface area contributed by atoms with Crippen molar-refractivity contribution < 1.29 is 14.7 Å². The number of carboxylic acids is 1. The first-order chi connectivity index (χ1) is 9.56. The van der Waals surface area contributed by atoms with Gasteiger partial charge in [0.05, 0.1) is 0 Å². The number of carboxylic acid groups (broad SMARTS) is 1. The van der Waals surface area contributed by atoms with Crippen molar-refractivity contribution in [2.45, 2.75) is 18.9 Å². The predicted octanol–water partition coefficient (Wildman–Crippen LogP) is 1.05. The molecule has 1 aromatic rings. The number of hydrogen-bond donors (Lipinski definition) is 3. The zero-order valence-electron chi connectivity index (χ0n) is 11.3. The van der Waals surface area contributed by atoms with E-state index < -0.39 is 18.5 Å². The highest BCUT2D eigenvalue weighted by atomic mass is 16.4. The number of aromatic nitrogens is 1. The highest BCUT2D eigenvalue weighted by molar-refractivity contribution is 5.90. The second kappa shape index (κ2) is 6.33. The number of urea groups is 1. The van der Waals surface area contributed by atoms with Gasteiger partial charge in [-0.3, -0.25) is 15.0 Å². The van der Waals surface area contributed by atoms with Crippen molar-refractivity contribution in [3.05, 3.63) is 23.9 Å². The monoisotopic (exact) mass is 278 g/mol. The van der Waals surface area contributed by atoms with E-state index in [9.17, 15) is 9.59 Å². The van der Waals surface area contributed by atoms with Crippen LogP contribution in [0.1, 0.15) is 24.4 Å². The molecule has 7 nitrogen and oxygen atoms in total. The Morgan fingerprint density at radius 3 is 2.85 bits per heavy atom. The first-order valence-electron chi connectivity index (χ1n) is 6.49. The molecule has 2 amide bonds. The molecule has 7 heteroatoms. The first-order valence-corrected chi connectivity index (χ1v) is 6.49. The predicted molar refractivity (Wildman–Crippen MR) is 73.5 cm³/mol. The largest absolute Gasteiger partial charge is 0.480 e. The number of nitrogens with zero attached hydrogens (tertiary/aromatic N) is 2. The summed E-state index contributed by atoms with van der Waals surface area (Å²) in [7, 11) is 2.09. The lowest BCUT2D eigenvalue weighted by atomic mass is 10.1. The summed E-state index contributed by atoms with van der Waals surface area (Å²) in [5.74, 6) is -0.690. The van der Waals surface area contributed by atoms with Gasteiger partial charge in [-0.25, -0.2) is 9.78 Å². The Kier molecular flexibility index (Phi) is 4.52. The van der Waals surface area contributed by atoms with Crippen molar-refractivity contribution in [3.8, 4) is 0 Å². The zero-order chi connectivity index (χ0) is 14.5. The van der Waals surface area contributed by atoms with Gasteiger partial charge < -0.3 is 10.4 Å². The van der Waals surface area contributed by atoms with E-state index in [-0.39, 0.29) is 0 Å². The minimum atomic E-state index is -1.09. The van der Waals surface area contributed by atoms with Gasteiger partial charge in [0, 0.05) is 12.2 Å². The molecule has 108 valence electrons. The summed E-state index contributed by atoms with van der Waals surface area (Å²) in [5.41, 5.74) is 1.13. The summed E-state index contributed by atoms with van der Waals surface area (Å²) in [4.78, 5) is 28.2. The van der Waals surface area contributed by atoms with Gasteiger partial charge in [0.15, 0.2) is 0 Å². The number of amides is 2. The molecule has 2 heterocycles. The van der Waals surface area contributed by atoms with E-state index >= 15 is 0 Å². The topological polar surface area (TPSA) is 94.6 Å². The molecule has 1 aliphatic heterocycles. The van der Waals surface area contributed by atoms with Crippen LogP contribution in [0.5, 0.6) is 0 Å². The number of hydrogen-bond acceptors (Lipinski definition) is 4. The van der Waals surface area contributed by atoms with E-state index in [0.717, 1.165) is 18.5 Å². The molecular formula is C13H18N4O3. The van der Waals surface area contributed by atoms with Crippen molar-refractivity contribution in [2.24, 2.45) is 0 Å². The lowest BCUT2D eigenvalue weighted by Gasteiger charge is -2.19. The van der Waals surface area contributed by atoms with Crippen LogP contribution in [0.2, 0.25) is 0 Å². The van der Waals surface area contributed by atoms with Crippen LogP contribution in [0.3, 0.4) is 0 Å². The standard InChI is InChI=1S/C13H18N4O3/c1-17-6-2-3-10(17)9-4-5-11(14-7-9)16-13(20)15-8-12(18)19/h4-5,7,10H,2-3,6,8H2,1H3,(H,18,19)(H2,14,15,16,20). The van der Waals surface area contributed by atoms with E-state index in [2.05, 4.69) is 27.6 Å². The average Bonchev–Trinajstić information content (AvgIpc) is 2.84. The number of aliphatic carboxylic acids is 1. The first kappa shape index (κ1) is 14.3. The Hall–Kier alpha value is -2.15. The fourth-order valence-electron chi connectivity index (χ4n) is 2.32. The molecule has 1 aromatic heterocycles. The Balaban J connectivity index is 1.91. The molecule has 20 heavy (non-hydrogen) atoms. The molecule has 0 aromatic carbocycles. The number of rotatable bonds is 4. The van der Waals surface area contributed by atoms with Crippen LogP contribution in [-0.4, -0.2) is 47.1 Å². The number of anilines is 1. The van der Waals surface area contributed by atoms with Crippen molar-refractivity contribution in [1.82, 2.24) is 15.2 Å². The van der Waals surface area contributed by atoms with Gasteiger partial charge in [-0.05, 0) is 38.1 Å². The summed E-state index contributed by atoms with van der Waals surface area (Å²) in [6, 6.07) is 3.47. The van der Waals surface area contributed by atoms with E-state index in [1.54, 1.807) is 12.3 Å². The lowest BCUT2D eigenvalue weighted by molar-refractivity contribution is -0.135. The summed E-state index contributed by atoms with van der Waals surface area (Å²) in [6.45, 7) is 0.666. The van der Waals surface area contributed by atoms with Gasteiger partial charge in [0.25, 0.3) is 0 Å². The highest BCUT2D eigenvalue weighted by Crippen LogP contribution is 2.29. The van der Waals surface area contributed by atoms with Gasteiger partial charge in [-0.15, -0.1) is 0 Å². The lowest BCUT2D eigenvalue weighted by Crippen LogP contribution is -2.33. The third-order valence-electron chi connectivity index (χ3n) is 3.33. The number of nitrogens with one attached hydrogen (secondary N) is 2. The molecule has 0 saturated carbocycles. The fraction of sp³-hybridized carbons (Fsp3) is 0.462. The van der Waals surface area contributed by atoms with Crippen LogP contribution in [0.15, 0.2) is 18.3 Å². The van der Waals surface area contributed by atoms with E-state index in [4.69, 9.17) is 5.11 Å². The second-order valence-corrected chi connectivity index (χ2v) is 4.82. The quantitative estimate of drug-likeness (QED) is 0.765. The van der Waals surface area contributed by atoms with E-state index in [0.29, 0.717) is 11.9 Å². The molecule has 0 bridgehead atoms. The molecule has 3 N–H and O–H groups in total. The third kappa shape index (κ3) is 3.67. The maximum absolute atomic E-state index is 11.4. The Bertz CT molecular complexity index is 489. The molecule has 0 radical (unpaired) electrons. The van der Waals surface area contributed by atoms with Gasteiger partial charge in [0.2, 0.25) is 0 Å². The summed E-state index contributed by atoms with van der Waals surface area (Å²) >= 11 is 0. The van der Waals surface area contributed by atoms with Gasteiger partial charge in [-0.1, -0.05) is 6.07 Å². The van der Waals surface area contributed by atoms with Crippen molar-refractivity contribution in [2.75, 3.05) is 25.5 Å². The van der Waals surface area contributed by atoms with Gasteiger partial charge >= 0.3 is 12.0 Å². The van der Waals surface area contributed by atoms with Crippen LogP contribution >= 0.6 is 0 Å². The number of carbonyl (C=O) groups excluding carboxylic acids is 1. The van der Waals surface area contributed by atoms with Crippen LogP contribution in [0.25, 0.3) is 0 Å². The molecule has 1 saturated heterocycles. The fourth-order valence-corrected chi connectivity index (χ4v) is 2.32. The molecule has 0 aliphatic carbocycles. The second-order valence-electron chi connectivity index (χ2n) is 4.82. The Labute approximate surface area is 117 Å². The molecule has 1 atom stereocenters. The third-order valence-corrected chi connectivity index (χ3v) is 3.33. The molecule has 1 aliphatic rings. The number of pyridine rings is 1. The van der Waals surface area contributed by atoms with Crippen molar-refractivity contribution in [1.29, 1.82) is 0 Å². The normalized spacial score (nSPS) is 18.8. The van der Waals surface area contributed by atoms with Crippen LogP contribution in [0, 0.1) is 0 Å². The summed E-state index contributed by atoms with van der Waals surface area (Å²) < 4.78 is 0. The van der Waals surface area contributed by atoms with Gasteiger partial charge in [-0.2, -0.15) is 0 Å². The van der Waals surface area contributed by atoms with E-state index in [1.165, 1.54) is 6.42 Å². The van der Waals surface area contributed by atoms with Crippen LogP contribution in [-0.2, 0) is 4.79 Å². The summed E-state index contributed by atoms with van der Waals surface area (Å²) in [6.07, 6.45) is 4.04. The zero-order valence-corrected chi connectivity index (χ0v) is 11.3. The number of likely N-dealkylation sites (tertiary alicyclic amines) is 1. The highest BCUT2D eigenvalue weighted by Gasteiger charge is 2.22. The van der Waals surface area contributed by atoms with Crippen LogP contribution < -0.4 is 10.6 Å². The number of carbonyl (C=O) groups is 2. The maximum atomic E-state index is 11.4.